The highest BCUT2D eigenvalue weighted by atomic mass is 35.5. The van der Waals surface area contributed by atoms with Crippen LogP contribution in [0, 0.1) is 10.1 Å². The smallest absolute Gasteiger partial charge is 0.279 e. The van der Waals surface area contributed by atoms with Gasteiger partial charge in [-0.3, -0.25) is 4.90 Å². The van der Waals surface area contributed by atoms with Crippen LogP contribution in [-0.4, -0.2) is 45.2 Å². The van der Waals surface area contributed by atoms with Crippen molar-refractivity contribution in [2.45, 2.75) is 6.54 Å². The normalized spacial score (nSPS) is 16.1. The number of pyridine rings is 1. The van der Waals surface area contributed by atoms with Crippen molar-refractivity contribution in [1.29, 1.82) is 0 Å². The van der Waals surface area contributed by atoms with Crippen LogP contribution in [0.2, 0.25) is 5.15 Å². The van der Waals surface area contributed by atoms with E-state index in [1.807, 2.05) is 41.3 Å². The summed E-state index contributed by atoms with van der Waals surface area (Å²) in [6.07, 6.45) is 3.21. The van der Waals surface area contributed by atoms with Crippen molar-refractivity contribution in [3.63, 3.8) is 0 Å². The van der Waals surface area contributed by atoms with Crippen LogP contribution in [0.3, 0.4) is 0 Å². The number of aromatic nitrogens is 1. The number of halogens is 1. The zero-order chi connectivity index (χ0) is 17.6. The summed E-state index contributed by atoms with van der Waals surface area (Å²) in [4.78, 5) is 22.8. The molecule has 128 valence electrons. The van der Waals surface area contributed by atoms with E-state index in [0.29, 0.717) is 24.8 Å². The number of guanidine groups is 1. The molecule has 0 radical (unpaired) electrons. The van der Waals surface area contributed by atoms with E-state index in [1.54, 1.807) is 23.5 Å². The zero-order valence-corrected chi connectivity index (χ0v) is 14.0. The fourth-order valence-corrected chi connectivity index (χ4v) is 2.55. The minimum Gasteiger partial charge on any atom is -0.331 e. The van der Waals surface area contributed by atoms with Gasteiger partial charge in [-0.05, 0) is 23.8 Å². The highest BCUT2D eigenvalue weighted by Crippen LogP contribution is 2.15. The summed E-state index contributed by atoms with van der Waals surface area (Å²) >= 11 is 5.79. The molecule has 0 atom stereocenters. The van der Waals surface area contributed by atoms with Gasteiger partial charge in [0.05, 0.1) is 12.0 Å². The molecule has 0 amide bonds. The topological polar surface area (TPSA) is 87.2 Å². The van der Waals surface area contributed by atoms with Crippen molar-refractivity contribution in [1.82, 2.24) is 14.8 Å². The van der Waals surface area contributed by atoms with Gasteiger partial charge in [0.2, 0.25) is 0 Å². The second kappa shape index (κ2) is 7.71. The first-order valence-electron chi connectivity index (χ1n) is 7.56. The molecule has 9 heteroatoms. The molecule has 1 saturated heterocycles. The molecule has 0 unspecified atom stereocenters. The van der Waals surface area contributed by atoms with Gasteiger partial charge in [0.25, 0.3) is 5.96 Å². The van der Waals surface area contributed by atoms with E-state index < -0.39 is 5.03 Å². The average Bonchev–Trinajstić information content (AvgIpc) is 2.97. The maximum atomic E-state index is 10.9. The van der Waals surface area contributed by atoms with Crippen LogP contribution in [0.25, 0.3) is 0 Å². The van der Waals surface area contributed by atoms with Crippen molar-refractivity contribution in [3.8, 4) is 0 Å². The van der Waals surface area contributed by atoms with Crippen LogP contribution < -0.4 is 0 Å². The molecule has 1 aliphatic rings. The Balaban J connectivity index is 1.77. The summed E-state index contributed by atoms with van der Waals surface area (Å²) in [6.45, 7) is 1.60. The number of nitrogens with zero attached hydrogens (tertiary/aromatic N) is 6. The highest BCUT2D eigenvalue weighted by molar-refractivity contribution is 6.29. The summed E-state index contributed by atoms with van der Waals surface area (Å²) in [5.41, 5.74) is 1.66. The lowest BCUT2D eigenvalue weighted by Gasteiger charge is -2.17. The monoisotopic (exact) mass is 358 g/mol. The fraction of sp³-hybridized carbons (Fsp3) is 0.188. The lowest BCUT2D eigenvalue weighted by molar-refractivity contribution is -0.486. The second-order valence-electron chi connectivity index (χ2n) is 5.32. The van der Waals surface area contributed by atoms with E-state index in [1.165, 1.54) is 0 Å². The number of hydrogen-bond donors (Lipinski definition) is 0. The summed E-state index contributed by atoms with van der Waals surface area (Å²) in [5, 5.41) is 14.1. The SMILES string of the molecule is O=[N+]([O-])N=C1N(C=Nc2ccccc2)CCN1Cc1ccc(Cl)nc1. The Morgan fingerprint density at radius 1 is 1.24 bits per heavy atom. The van der Waals surface area contributed by atoms with Crippen molar-refractivity contribution in [2.75, 3.05) is 13.1 Å². The quantitative estimate of drug-likeness (QED) is 0.269. The molecule has 1 fully saturated rings. The Kier molecular flexibility index (Phi) is 5.20. The van der Waals surface area contributed by atoms with Crippen molar-refractivity contribution < 1.29 is 5.03 Å². The van der Waals surface area contributed by atoms with E-state index in [9.17, 15) is 10.1 Å². The molecule has 2 aromatic rings. The summed E-state index contributed by atoms with van der Waals surface area (Å²) in [7, 11) is 0. The van der Waals surface area contributed by atoms with E-state index in [-0.39, 0.29) is 5.96 Å². The Bertz CT molecular complexity index is 794. The number of hydrogen-bond acceptors (Lipinski definition) is 4. The molecule has 1 aromatic heterocycles. The third-order valence-corrected chi connectivity index (χ3v) is 3.81. The van der Waals surface area contributed by atoms with E-state index in [2.05, 4.69) is 15.1 Å². The average molecular weight is 359 g/mol. The van der Waals surface area contributed by atoms with Crippen LogP contribution in [0.5, 0.6) is 0 Å². The Labute approximate surface area is 149 Å². The lowest BCUT2D eigenvalue weighted by Crippen LogP contribution is -2.33. The lowest BCUT2D eigenvalue weighted by atomic mass is 10.3. The molecule has 25 heavy (non-hydrogen) atoms. The van der Waals surface area contributed by atoms with E-state index >= 15 is 0 Å². The molecule has 1 aromatic carbocycles. The molecule has 3 rings (SSSR count). The maximum absolute atomic E-state index is 10.9. The van der Waals surface area contributed by atoms with Gasteiger partial charge in [0.1, 0.15) is 10.3 Å². The molecular formula is C16H15ClN6O2. The van der Waals surface area contributed by atoms with Gasteiger partial charge >= 0.3 is 0 Å². The summed E-state index contributed by atoms with van der Waals surface area (Å²) in [5.74, 6) is 0.250. The third-order valence-electron chi connectivity index (χ3n) is 3.59. The second-order valence-corrected chi connectivity index (χ2v) is 5.71. The molecule has 2 heterocycles. The first-order chi connectivity index (χ1) is 12.1. The van der Waals surface area contributed by atoms with Crippen molar-refractivity contribution in [3.05, 3.63) is 69.5 Å². The molecule has 0 spiro atoms. The standard InChI is InChI=1S/C16H15ClN6O2/c17-15-7-6-13(10-18-15)11-21-8-9-22(16(21)20-23(24)25)12-19-14-4-2-1-3-5-14/h1-7,10,12H,8-9,11H2. The Morgan fingerprint density at radius 2 is 2.04 bits per heavy atom. The van der Waals surface area contributed by atoms with Crippen LogP contribution in [-0.2, 0) is 6.54 Å². The largest absolute Gasteiger partial charge is 0.331 e. The van der Waals surface area contributed by atoms with Gasteiger partial charge in [-0.2, -0.15) is 0 Å². The Hall–Kier alpha value is -3.00. The highest BCUT2D eigenvalue weighted by Gasteiger charge is 2.28. The number of para-hydroxylation sites is 1. The first-order valence-corrected chi connectivity index (χ1v) is 7.94. The molecule has 1 aliphatic heterocycles. The minimum atomic E-state index is -0.697. The number of benzene rings is 1. The van der Waals surface area contributed by atoms with Gasteiger partial charge in [0.15, 0.2) is 5.03 Å². The van der Waals surface area contributed by atoms with Gasteiger partial charge < -0.3 is 4.90 Å². The molecule has 0 N–H and O–H groups in total. The maximum Gasteiger partial charge on any atom is 0.279 e. The van der Waals surface area contributed by atoms with Crippen molar-refractivity contribution in [2.24, 2.45) is 10.1 Å². The van der Waals surface area contributed by atoms with Crippen LogP contribution in [0.1, 0.15) is 5.56 Å². The minimum absolute atomic E-state index is 0.250. The van der Waals surface area contributed by atoms with Gasteiger partial charge in [-0.15, -0.1) is 0 Å². The Morgan fingerprint density at radius 3 is 2.72 bits per heavy atom. The number of rotatable bonds is 5. The third kappa shape index (κ3) is 4.51. The predicted octanol–water partition coefficient (Wildman–Crippen LogP) is 2.76. The van der Waals surface area contributed by atoms with Crippen LogP contribution in [0.4, 0.5) is 5.69 Å². The number of aliphatic imine (C=N–C) groups is 1. The predicted molar refractivity (Wildman–Crippen MR) is 95.4 cm³/mol. The molecule has 0 aliphatic carbocycles. The van der Waals surface area contributed by atoms with Gasteiger partial charge in [-0.1, -0.05) is 35.9 Å². The summed E-state index contributed by atoms with van der Waals surface area (Å²) < 4.78 is 0. The van der Waals surface area contributed by atoms with E-state index in [0.717, 1.165) is 11.3 Å². The molecule has 0 bridgehead atoms. The van der Waals surface area contributed by atoms with Crippen LogP contribution >= 0.6 is 11.6 Å². The van der Waals surface area contributed by atoms with Gasteiger partial charge in [0, 0.05) is 25.8 Å². The summed E-state index contributed by atoms with van der Waals surface area (Å²) in [6, 6.07) is 12.9. The zero-order valence-electron chi connectivity index (χ0n) is 13.2. The number of hydrazone groups is 1. The molecule has 0 saturated carbocycles. The molecular weight excluding hydrogens is 344 g/mol. The number of nitro groups is 1. The van der Waals surface area contributed by atoms with Crippen molar-refractivity contribution >= 4 is 29.6 Å². The molecule has 8 nitrogen and oxygen atoms in total. The van der Waals surface area contributed by atoms with Gasteiger partial charge in [-0.25, -0.2) is 20.1 Å². The fourth-order valence-electron chi connectivity index (χ4n) is 2.43. The van der Waals surface area contributed by atoms with Crippen LogP contribution in [0.15, 0.2) is 58.8 Å². The van der Waals surface area contributed by atoms with E-state index in [4.69, 9.17) is 11.6 Å². The first kappa shape index (κ1) is 16.8.